The molecule has 0 heterocycles. The van der Waals surface area contributed by atoms with E-state index in [1.54, 1.807) is 0 Å². The maximum absolute atomic E-state index is 9.70. The summed E-state index contributed by atoms with van der Waals surface area (Å²) in [5.74, 6) is 0. The summed E-state index contributed by atoms with van der Waals surface area (Å²) in [6.45, 7) is 4.01. The van der Waals surface area contributed by atoms with Gasteiger partial charge in [-0.2, -0.15) is 0 Å². The first kappa shape index (κ1) is 10.9. The van der Waals surface area contributed by atoms with Crippen LogP contribution >= 0.6 is 0 Å². The van der Waals surface area contributed by atoms with Gasteiger partial charge in [-0.25, -0.2) is 0 Å². The molecule has 0 bridgehead atoms. The van der Waals surface area contributed by atoms with Crippen molar-refractivity contribution in [2.75, 3.05) is 6.61 Å². The number of rotatable bonds is 6. The van der Waals surface area contributed by atoms with Gasteiger partial charge in [0.25, 0.3) is 0 Å². The zero-order valence-corrected chi connectivity index (χ0v) is 7.64. The van der Waals surface area contributed by atoms with Crippen LogP contribution in [0.15, 0.2) is 0 Å². The molecule has 1 unspecified atom stereocenters. The van der Waals surface area contributed by atoms with Crippen molar-refractivity contribution in [3.05, 3.63) is 0 Å². The van der Waals surface area contributed by atoms with Gasteiger partial charge in [-0.15, -0.1) is 0 Å². The molecule has 2 N–H and O–H groups in total. The molecule has 0 saturated heterocycles. The van der Waals surface area contributed by atoms with Crippen LogP contribution in [0.4, 0.5) is 0 Å². The molecule has 0 aliphatic rings. The lowest BCUT2D eigenvalue weighted by atomic mass is 9.93. The normalized spacial score (nSPS) is 16.4. The fraction of sp³-hybridized carbons (Fsp3) is 1.00. The molecular weight excluding hydrogens is 140 g/mol. The Bertz CT molecular complexity index is 93.6. The Hall–Kier alpha value is -0.0800. The van der Waals surface area contributed by atoms with Crippen molar-refractivity contribution in [1.29, 1.82) is 0 Å². The van der Waals surface area contributed by atoms with Crippen LogP contribution in [0.3, 0.4) is 0 Å². The Kier molecular flexibility index (Phi) is 5.51. The molecule has 11 heavy (non-hydrogen) atoms. The van der Waals surface area contributed by atoms with Crippen molar-refractivity contribution < 1.29 is 10.2 Å². The predicted octanol–water partition coefficient (Wildman–Crippen LogP) is 1.70. The van der Waals surface area contributed by atoms with E-state index in [1.807, 2.05) is 6.92 Å². The van der Waals surface area contributed by atoms with Crippen molar-refractivity contribution in [1.82, 2.24) is 0 Å². The Morgan fingerprint density at radius 1 is 1.09 bits per heavy atom. The molecule has 0 saturated carbocycles. The molecule has 0 fully saturated rings. The Morgan fingerprint density at radius 2 is 1.73 bits per heavy atom. The van der Waals surface area contributed by atoms with E-state index >= 15 is 0 Å². The van der Waals surface area contributed by atoms with E-state index in [2.05, 4.69) is 6.92 Å². The molecule has 0 spiro atoms. The van der Waals surface area contributed by atoms with Gasteiger partial charge in [-0.05, 0) is 12.8 Å². The van der Waals surface area contributed by atoms with Crippen LogP contribution in [0, 0.1) is 0 Å². The van der Waals surface area contributed by atoms with Crippen molar-refractivity contribution in [3.8, 4) is 0 Å². The monoisotopic (exact) mass is 160 g/mol. The first-order chi connectivity index (χ1) is 5.18. The number of hydrogen-bond donors (Lipinski definition) is 2. The molecule has 0 aromatic heterocycles. The molecule has 0 aliphatic heterocycles. The minimum Gasteiger partial charge on any atom is -0.393 e. The first-order valence-electron chi connectivity index (χ1n) is 4.51. The molecule has 68 valence electrons. The van der Waals surface area contributed by atoms with Crippen LogP contribution in [0.1, 0.15) is 46.0 Å². The Morgan fingerprint density at radius 3 is 2.09 bits per heavy atom. The molecule has 2 nitrogen and oxygen atoms in total. The van der Waals surface area contributed by atoms with Gasteiger partial charge < -0.3 is 10.2 Å². The van der Waals surface area contributed by atoms with Gasteiger partial charge in [0.2, 0.25) is 0 Å². The van der Waals surface area contributed by atoms with Crippen LogP contribution in [-0.4, -0.2) is 22.4 Å². The Balaban J connectivity index is 3.68. The SMILES string of the molecule is CCCCC(O)(CO)CCC. The van der Waals surface area contributed by atoms with Crippen molar-refractivity contribution in [3.63, 3.8) is 0 Å². The molecule has 0 radical (unpaired) electrons. The second-order valence-electron chi connectivity index (χ2n) is 3.24. The Labute approximate surface area is 69.2 Å². The average molecular weight is 160 g/mol. The maximum atomic E-state index is 9.70. The van der Waals surface area contributed by atoms with E-state index in [1.165, 1.54) is 0 Å². The van der Waals surface area contributed by atoms with Gasteiger partial charge in [-0.1, -0.05) is 33.1 Å². The minimum absolute atomic E-state index is 0.0964. The number of hydrogen-bond acceptors (Lipinski definition) is 2. The summed E-state index contributed by atoms with van der Waals surface area (Å²) in [7, 11) is 0. The summed E-state index contributed by atoms with van der Waals surface area (Å²) >= 11 is 0. The summed E-state index contributed by atoms with van der Waals surface area (Å²) < 4.78 is 0. The zero-order chi connectivity index (χ0) is 8.74. The third-order valence-electron chi connectivity index (χ3n) is 2.01. The van der Waals surface area contributed by atoms with E-state index in [0.717, 1.165) is 25.7 Å². The predicted molar refractivity (Wildman–Crippen MR) is 46.5 cm³/mol. The van der Waals surface area contributed by atoms with E-state index in [0.29, 0.717) is 6.42 Å². The highest BCUT2D eigenvalue weighted by atomic mass is 16.3. The fourth-order valence-electron chi connectivity index (χ4n) is 1.25. The summed E-state index contributed by atoms with van der Waals surface area (Å²) in [6, 6.07) is 0. The van der Waals surface area contributed by atoms with Gasteiger partial charge in [0.05, 0.1) is 12.2 Å². The van der Waals surface area contributed by atoms with Gasteiger partial charge >= 0.3 is 0 Å². The van der Waals surface area contributed by atoms with Crippen LogP contribution in [0.2, 0.25) is 0 Å². The number of aliphatic hydroxyl groups excluding tert-OH is 1. The lowest BCUT2D eigenvalue weighted by molar-refractivity contribution is -0.0298. The summed E-state index contributed by atoms with van der Waals surface area (Å²) in [5.41, 5.74) is -0.801. The van der Waals surface area contributed by atoms with Crippen LogP contribution in [0.25, 0.3) is 0 Å². The summed E-state index contributed by atoms with van der Waals surface area (Å²) in [5, 5.41) is 18.6. The van der Waals surface area contributed by atoms with Gasteiger partial charge in [0.1, 0.15) is 0 Å². The molecule has 0 aromatic rings. The molecule has 0 aliphatic carbocycles. The smallest absolute Gasteiger partial charge is 0.0877 e. The van der Waals surface area contributed by atoms with Gasteiger partial charge in [0.15, 0.2) is 0 Å². The number of unbranched alkanes of at least 4 members (excludes halogenated alkanes) is 1. The van der Waals surface area contributed by atoms with Gasteiger partial charge in [0, 0.05) is 0 Å². The highest BCUT2D eigenvalue weighted by Gasteiger charge is 2.23. The number of aliphatic hydroxyl groups is 2. The fourth-order valence-corrected chi connectivity index (χ4v) is 1.25. The second kappa shape index (κ2) is 5.56. The van der Waals surface area contributed by atoms with Crippen LogP contribution < -0.4 is 0 Å². The lowest BCUT2D eigenvalue weighted by Crippen LogP contribution is -2.32. The largest absolute Gasteiger partial charge is 0.393 e. The van der Waals surface area contributed by atoms with E-state index in [-0.39, 0.29) is 6.61 Å². The third-order valence-corrected chi connectivity index (χ3v) is 2.01. The van der Waals surface area contributed by atoms with Gasteiger partial charge in [-0.3, -0.25) is 0 Å². The highest BCUT2D eigenvalue weighted by molar-refractivity contribution is 4.76. The second-order valence-corrected chi connectivity index (χ2v) is 3.24. The lowest BCUT2D eigenvalue weighted by Gasteiger charge is -2.24. The molecule has 0 aromatic carbocycles. The van der Waals surface area contributed by atoms with E-state index in [9.17, 15) is 5.11 Å². The highest BCUT2D eigenvalue weighted by Crippen LogP contribution is 2.19. The van der Waals surface area contributed by atoms with Crippen molar-refractivity contribution in [2.45, 2.75) is 51.6 Å². The first-order valence-corrected chi connectivity index (χ1v) is 4.51. The van der Waals surface area contributed by atoms with Crippen molar-refractivity contribution in [2.24, 2.45) is 0 Å². The summed E-state index contributed by atoms with van der Waals surface area (Å²) in [4.78, 5) is 0. The summed E-state index contributed by atoms with van der Waals surface area (Å²) in [6.07, 6.45) is 4.45. The van der Waals surface area contributed by atoms with Crippen LogP contribution in [-0.2, 0) is 0 Å². The third kappa shape index (κ3) is 4.38. The average Bonchev–Trinajstić information content (AvgIpc) is 2.02. The maximum Gasteiger partial charge on any atom is 0.0877 e. The van der Waals surface area contributed by atoms with E-state index < -0.39 is 5.60 Å². The molecular formula is C9H20O2. The topological polar surface area (TPSA) is 40.5 Å². The molecule has 0 rings (SSSR count). The van der Waals surface area contributed by atoms with Crippen LogP contribution in [0.5, 0.6) is 0 Å². The zero-order valence-electron chi connectivity index (χ0n) is 7.64. The molecule has 1 atom stereocenters. The quantitative estimate of drug-likeness (QED) is 0.621. The standard InChI is InChI=1S/C9H20O2/c1-3-5-7-9(11,8-10)6-4-2/h10-11H,3-8H2,1-2H3. The van der Waals surface area contributed by atoms with E-state index in [4.69, 9.17) is 5.11 Å². The minimum atomic E-state index is -0.801. The molecule has 2 heteroatoms. The molecule has 0 amide bonds. The van der Waals surface area contributed by atoms with Crippen molar-refractivity contribution >= 4 is 0 Å².